The molecule has 1 aliphatic heterocycles. The van der Waals surface area contributed by atoms with Crippen LogP contribution in [-0.4, -0.2) is 35.3 Å². The normalized spacial score (nSPS) is 17.6. The maximum Gasteiger partial charge on any atom is 0.325 e. The van der Waals surface area contributed by atoms with E-state index in [2.05, 4.69) is 10.6 Å². The van der Waals surface area contributed by atoms with Crippen molar-refractivity contribution in [3.8, 4) is 0 Å². The molecule has 6 nitrogen and oxygen atoms in total. The van der Waals surface area contributed by atoms with E-state index in [-0.39, 0.29) is 23.4 Å². The fourth-order valence-corrected chi connectivity index (χ4v) is 2.74. The predicted molar refractivity (Wildman–Crippen MR) is 88.6 cm³/mol. The first-order chi connectivity index (χ1) is 10.8. The Morgan fingerprint density at radius 3 is 2.65 bits per heavy atom. The molecule has 0 radical (unpaired) electrons. The molecule has 0 saturated carbocycles. The van der Waals surface area contributed by atoms with Crippen LogP contribution in [-0.2, 0) is 9.59 Å². The third kappa shape index (κ3) is 4.36. The summed E-state index contributed by atoms with van der Waals surface area (Å²) in [5.74, 6) is -0.644. The molecule has 0 spiro atoms. The predicted octanol–water partition coefficient (Wildman–Crippen LogP) is 2.90. The van der Waals surface area contributed by atoms with Gasteiger partial charge in [0.15, 0.2) is 0 Å². The quantitative estimate of drug-likeness (QED) is 0.795. The molecule has 1 heterocycles. The number of benzene rings is 1. The Morgan fingerprint density at radius 2 is 2.04 bits per heavy atom. The molecular formula is C15H17Cl2N3O3. The van der Waals surface area contributed by atoms with Crippen molar-refractivity contribution >= 4 is 46.7 Å². The lowest BCUT2D eigenvalue weighted by atomic mass is 10.0. The van der Waals surface area contributed by atoms with Gasteiger partial charge in [-0.2, -0.15) is 0 Å². The van der Waals surface area contributed by atoms with Crippen molar-refractivity contribution in [1.82, 2.24) is 10.2 Å². The van der Waals surface area contributed by atoms with Crippen LogP contribution in [0.3, 0.4) is 0 Å². The van der Waals surface area contributed by atoms with Crippen molar-refractivity contribution < 1.29 is 14.4 Å². The summed E-state index contributed by atoms with van der Waals surface area (Å²) in [6, 6.07) is 3.49. The highest BCUT2D eigenvalue weighted by Crippen LogP contribution is 2.25. The maximum atomic E-state index is 12.2. The molecule has 124 valence electrons. The summed E-state index contributed by atoms with van der Waals surface area (Å²) >= 11 is 11.8. The molecule has 0 bridgehead atoms. The molecule has 1 aromatic carbocycles. The Morgan fingerprint density at radius 1 is 1.35 bits per heavy atom. The topological polar surface area (TPSA) is 78.5 Å². The average Bonchev–Trinajstić information content (AvgIpc) is 2.69. The Labute approximate surface area is 144 Å². The van der Waals surface area contributed by atoms with Crippen LogP contribution < -0.4 is 10.6 Å². The fraction of sp³-hybridized carbons (Fsp3) is 0.400. The standard InChI is InChI=1S/C15H17Cl2N3O3/c1-8(2)5-12-14(22)20(15(23)19-12)7-13(21)18-11-4-3-9(16)6-10(11)17/h3-4,6,8,12H,5,7H2,1-2H3,(H,18,21)(H,19,23)/t12-/m0/s1. The third-order valence-electron chi connectivity index (χ3n) is 3.32. The molecule has 8 heteroatoms. The number of carbonyl (C=O) groups is 3. The molecule has 23 heavy (non-hydrogen) atoms. The first-order valence-electron chi connectivity index (χ1n) is 7.14. The molecule has 0 aromatic heterocycles. The van der Waals surface area contributed by atoms with E-state index >= 15 is 0 Å². The van der Waals surface area contributed by atoms with Crippen LogP contribution in [0.1, 0.15) is 20.3 Å². The number of halogens is 2. The van der Waals surface area contributed by atoms with Crippen molar-refractivity contribution in [2.75, 3.05) is 11.9 Å². The molecule has 2 N–H and O–H groups in total. The second kappa shape index (κ2) is 7.19. The zero-order chi connectivity index (χ0) is 17.1. The SMILES string of the molecule is CC(C)C[C@@H]1NC(=O)N(CC(=O)Nc2ccc(Cl)cc2Cl)C1=O. The number of anilines is 1. The van der Waals surface area contributed by atoms with E-state index in [4.69, 9.17) is 23.2 Å². The van der Waals surface area contributed by atoms with Crippen LogP contribution in [0.4, 0.5) is 10.5 Å². The van der Waals surface area contributed by atoms with Gasteiger partial charge in [0.1, 0.15) is 12.6 Å². The number of nitrogens with one attached hydrogen (secondary N) is 2. The first-order valence-corrected chi connectivity index (χ1v) is 7.90. The number of hydrogen-bond donors (Lipinski definition) is 2. The van der Waals surface area contributed by atoms with E-state index in [1.54, 1.807) is 12.1 Å². The number of amides is 4. The van der Waals surface area contributed by atoms with E-state index in [9.17, 15) is 14.4 Å². The number of hydrogen-bond acceptors (Lipinski definition) is 3. The number of nitrogens with zero attached hydrogens (tertiary/aromatic N) is 1. The number of rotatable bonds is 5. The summed E-state index contributed by atoms with van der Waals surface area (Å²) in [6.45, 7) is 3.55. The fourth-order valence-electron chi connectivity index (χ4n) is 2.28. The van der Waals surface area contributed by atoms with Crippen LogP contribution in [0.25, 0.3) is 0 Å². The Bertz CT molecular complexity index is 649. The van der Waals surface area contributed by atoms with Gasteiger partial charge in [-0.15, -0.1) is 0 Å². The van der Waals surface area contributed by atoms with Crippen molar-refractivity contribution in [2.45, 2.75) is 26.3 Å². The highest BCUT2D eigenvalue weighted by Gasteiger charge is 2.39. The highest BCUT2D eigenvalue weighted by molar-refractivity contribution is 6.36. The van der Waals surface area contributed by atoms with E-state index in [0.29, 0.717) is 17.1 Å². The van der Waals surface area contributed by atoms with Crippen LogP contribution in [0.2, 0.25) is 10.0 Å². The smallest absolute Gasteiger partial charge is 0.325 e. The van der Waals surface area contributed by atoms with Gasteiger partial charge >= 0.3 is 6.03 Å². The Balaban J connectivity index is 1.99. The molecule has 2 rings (SSSR count). The van der Waals surface area contributed by atoms with Gasteiger partial charge in [-0.1, -0.05) is 37.0 Å². The van der Waals surface area contributed by atoms with Gasteiger partial charge in [0, 0.05) is 5.02 Å². The monoisotopic (exact) mass is 357 g/mol. The van der Waals surface area contributed by atoms with Gasteiger partial charge in [0.2, 0.25) is 5.91 Å². The Hall–Kier alpha value is -1.79. The molecule has 1 aliphatic rings. The molecule has 1 aromatic rings. The van der Waals surface area contributed by atoms with Crippen LogP contribution in [0.5, 0.6) is 0 Å². The van der Waals surface area contributed by atoms with Crippen LogP contribution in [0, 0.1) is 5.92 Å². The maximum absolute atomic E-state index is 12.2. The van der Waals surface area contributed by atoms with Gasteiger partial charge in [-0.3, -0.25) is 14.5 Å². The lowest BCUT2D eigenvalue weighted by Crippen LogP contribution is -2.38. The minimum Gasteiger partial charge on any atom is -0.326 e. The summed E-state index contributed by atoms with van der Waals surface area (Å²) in [5, 5.41) is 5.87. The summed E-state index contributed by atoms with van der Waals surface area (Å²) in [6.07, 6.45) is 0.533. The van der Waals surface area contributed by atoms with E-state index < -0.39 is 18.0 Å². The zero-order valence-electron chi connectivity index (χ0n) is 12.7. The van der Waals surface area contributed by atoms with Gasteiger partial charge < -0.3 is 10.6 Å². The van der Waals surface area contributed by atoms with E-state index in [0.717, 1.165) is 4.90 Å². The minimum atomic E-state index is -0.575. The van der Waals surface area contributed by atoms with Gasteiger partial charge in [-0.25, -0.2) is 4.79 Å². The number of carbonyl (C=O) groups excluding carboxylic acids is 3. The summed E-state index contributed by atoms with van der Waals surface area (Å²) < 4.78 is 0. The van der Waals surface area contributed by atoms with Gasteiger partial charge in [-0.05, 0) is 30.5 Å². The molecular weight excluding hydrogens is 341 g/mol. The first kappa shape index (κ1) is 17.6. The minimum absolute atomic E-state index is 0.255. The summed E-state index contributed by atoms with van der Waals surface area (Å²) in [4.78, 5) is 37.0. The zero-order valence-corrected chi connectivity index (χ0v) is 14.2. The van der Waals surface area contributed by atoms with Crippen LogP contribution >= 0.6 is 23.2 Å². The third-order valence-corrected chi connectivity index (χ3v) is 3.87. The van der Waals surface area contributed by atoms with E-state index in [1.165, 1.54) is 6.07 Å². The summed E-state index contributed by atoms with van der Waals surface area (Å²) in [5.41, 5.74) is 0.367. The molecule has 1 fully saturated rings. The van der Waals surface area contributed by atoms with Crippen molar-refractivity contribution in [3.05, 3.63) is 28.2 Å². The average molecular weight is 358 g/mol. The molecule has 0 unspecified atom stereocenters. The molecule has 0 aliphatic carbocycles. The lowest BCUT2D eigenvalue weighted by molar-refractivity contribution is -0.131. The van der Waals surface area contributed by atoms with Crippen LogP contribution in [0.15, 0.2) is 18.2 Å². The van der Waals surface area contributed by atoms with Crippen molar-refractivity contribution in [2.24, 2.45) is 5.92 Å². The Kier molecular flexibility index (Phi) is 5.49. The van der Waals surface area contributed by atoms with Gasteiger partial charge in [0.25, 0.3) is 5.91 Å². The molecule has 4 amide bonds. The number of imide groups is 1. The van der Waals surface area contributed by atoms with Gasteiger partial charge in [0.05, 0.1) is 10.7 Å². The van der Waals surface area contributed by atoms with Crippen molar-refractivity contribution in [1.29, 1.82) is 0 Å². The summed E-state index contributed by atoms with van der Waals surface area (Å²) in [7, 11) is 0. The second-order valence-corrected chi connectivity index (χ2v) is 6.57. The second-order valence-electron chi connectivity index (χ2n) is 5.73. The highest BCUT2D eigenvalue weighted by atomic mass is 35.5. The largest absolute Gasteiger partial charge is 0.326 e. The number of urea groups is 1. The molecule has 1 saturated heterocycles. The van der Waals surface area contributed by atoms with Crippen molar-refractivity contribution in [3.63, 3.8) is 0 Å². The van der Waals surface area contributed by atoms with E-state index in [1.807, 2.05) is 13.8 Å². The lowest BCUT2D eigenvalue weighted by Gasteiger charge is -2.14. The molecule has 1 atom stereocenters.